The quantitative estimate of drug-likeness (QED) is 0.696. The van der Waals surface area contributed by atoms with Crippen molar-refractivity contribution in [3.63, 3.8) is 0 Å². The SMILES string of the molecule is Cc1nc(NC(=O)c2c(Cl)c(S(=O)(=O)NC(C)C(F)(F)F)cn2C)ccc1F. The number of halogens is 5. The largest absolute Gasteiger partial charge is 0.404 e. The van der Waals surface area contributed by atoms with E-state index in [1.165, 1.54) is 24.8 Å². The van der Waals surface area contributed by atoms with Gasteiger partial charge in [0.05, 0.1) is 10.7 Å². The van der Waals surface area contributed by atoms with Gasteiger partial charge in [0, 0.05) is 13.2 Å². The standard InChI is InChI=1S/C15H15ClF4N4O3S/c1-7-9(17)4-5-11(21-7)22-14(25)13-12(16)10(6-24(13)3)28(26,27)23-8(2)15(18,19)20/h4-6,8,23H,1-3H3,(H,21,22,25). The highest BCUT2D eigenvalue weighted by Crippen LogP contribution is 2.29. The predicted molar refractivity (Wildman–Crippen MR) is 93.1 cm³/mol. The number of rotatable bonds is 5. The van der Waals surface area contributed by atoms with Crippen molar-refractivity contribution in [2.24, 2.45) is 7.05 Å². The molecule has 7 nitrogen and oxygen atoms in total. The Balaban J connectivity index is 2.34. The van der Waals surface area contributed by atoms with Crippen LogP contribution in [0.3, 0.4) is 0 Å². The Morgan fingerprint density at radius 3 is 2.46 bits per heavy atom. The molecule has 2 aromatic rings. The van der Waals surface area contributed by atoms with Crippen LogP contribution in [0.25, 0.3) is 0 Å². The topological polar surface area (TPSA) is 93.1 Å². The second-order valence-electron chi connectivity index (χ2n) is 5.87. The van der Waals surface area contributed by atoms with Crippen LogP contribution in [0.2, 0.25) is 5.02 Å². The summed E-state index contributed by atoms with van der Waals surface area (Å²) in [6.45, 7) is 2.00. The van der Waals surface area contributed by atoms with Gasteiger partial charge in [-0.15, -0.1) is 0 Å². The second kappa shape index (κ2) is 7.68. The number of hydrogen-bond acceptors (Lipinski definition) is 4. The number of pyridine rings is 1. The van der Waals surface area contributed by atoms with Gasteiger partial charge < -0.3 is 9.88 Å². The minimum Gasteiger partial charge on any atom is -0.344 e. The molecule has 0 spiro atoms. The number of anilines is 1. The molecule has 1 unspecified atom stereocenters. The minimum atomic E-state index is -4.80. The molecule has 0 bridgehead atoms. The maximum atomic E-state index is 13.3. The molecule has 0 saturated carbocycles. The highest BCUT2D eigenvalue weighted by atomic mass is 35.5. The van der Waals surface area contributed by atoms with E-state index in [0.717, 1.165) is 16.8 Å². The van der Waals surface area contributed by atoms with Crippen LogP contribution in [-0.4, -0.2) is 36.1 Å². The van der Waals surface area contributed by atoms with Crippen LogP contribution in [0.4, 0.5) is 23.4 Å². The number of amides is 1. The Labute approximate surface area is 162 Å². The lowest BCUT2D eigenvalue weighted by molar-refractivity contribution is -0.147. The van der Waals surface area contributed by atoms with Crippen molar-refractivity contribution in [3.05, 3.63) is 40.6 Å². The Morgan fingerprint density at radius 1 is 1.32 bits per heavy atom. The van der Waals surface area contributed by atoms with Crippen LogP contribution in [0.5, 0.6) is 0 Å². The van der Waals surface area contributed by atoms with Crippen LogP contribution in [0, 0.1) is 12.7 Å². The summed E-state index contributed by atoms with van der Waals surface area (Å²) in [4.78, 5) is 15.5. The number of alkyl halides is 3. The van der Waals surface area contributed by atoms with Gasteiger partial charge in [0.1, 0.15) is 28.3 Å². The summed E-state index contributed by atoms with van der Waals surface area (Å²) in [6.07, 6.45) is -3.90. The molecule has 0 saturated heterocycles. The zero-order chi connectivity index (χ0) is 21.4. The van der Waals surface area contributed by atoms with Crippen molar-refractivity contribution >= 4 is 33.3 Å². The van der Waals surface area contributed by atoms with Crippen LogP contribution < -0.4 is 10.0 Å². The summed E-state index contributed by atoms with van der Waals surface area (Å²) in [5, 5.41) is 1.75. The molecule has 2 N–H and O–H groups in total. The third-order valence-corrected chi connectivity index (χ3v) is 5.73. The van der Waals surface area contributed by atoms with Gasteiger partial charge in [-0.2, -0.15) is 17.9 Å². The number of aromatic nitrogens is 2. The van der Waals surface area contributed by atoms with Crippen LogP contribution >= 0.6 is 11.6 Å². The first kappa shape index (κ1) is 22.1. The molecule has 1 amide bonds. The van der Waals surface area contributed by atoms with E-state index in [1.807, 2.05) is 0 Å². The van der Waals surface area contributed by atoms with E-state index < -0.39 is 43.9 Å². The monoisotopic (exact) mass is 442 g/mol. The Kier molecular flexibility index (Phi) is 6.07. The van der Waals surface area contributed by atoms with E-state index in [4.69, 9.17) is 11.6 Å². The molecule has 154 valence electrons. The van der Waals surface area contributed by atoms with Crippen molar-refractivity contribution in [2.75, 3.05) is 5.32 Å². The molecule has 0 aliphatic rings. The van der Waals surface area contributed by atoms with Crippen LogP contribution in [0.1, 0.15) is 23.1 Å². The van der Waals surface area contributed by atoms with Gasteiger partial charge in [0.2, 0.25) is 10.0 Å². The van der Waals surface area contributed by atoms with Gasteiger partial charge in [-0.1, -0.05) is 11.6 Å². The smallest absolute Gasteiger partial charge is 0.344 e. The van der Waals surface area contributed by atoms with E-state index in [1.54, 1.807) is 0 Å². The number of nitrogens with zero attached hydrogens (tertiary/aromatic N) is 2. The summed E-state index contributed by atoms with van der Waals surface area (Å²) < 4.78 is 78.2. The molecule has 2 heterocycles. The minimum absolute atomic E-state index is 0.0179. The molecule has 13 heteroatoms. The van der Waals surface area contributed by atoms with Crippen molar-refractivity contribution in [3.8, 4) is 0 Å². The van der Waals surface area contributed by atoms with E-state index in [-0.39, 0.29) is 17.2 Å². The van der Waals surface area contributed by atoms with Crippen molar-refractivity contribution in [2.45, 2.75) is 31.0 Å². The third-order valence-electron chi connectivity index (χ3n) is 3.68. The number of aryl methyl sites for hydroxylation is 2. The molecule has 28 heavy (non-hydrogen) atoms. The van der Waals surface area contributed by atoms with Gasteiger partial charge in [-0.05, 0) is 26.0 Å². The number of carbonyl (C=O) groups excluding carboxylic acids is 1. The number of nitrogens with one attached hydrogen (secondary N) is 2. The summed E-state index contributed by atoms with van der Waals surface area (Å²) in [6, 6.07) is -0.109. The average molecular weight is 443 g/mol. The van der Waals surface area contributed by atoms with Gasteiger partial charge in [0.15, 0.2) is 0 Å². The molecule has 0 aromatic carbocycles. The second-order valence-corrected chi connectivity index (χ2v) is 7.93. The zero-order valence-corrected chi connectivity index (χ0v) is 16.3. The van der Waals surface area contributed by atoms with Crippen LogP contribution in [-0.2, 0) is 17.1 Å². The number of sulfonamides is 1. The first-order chi connectivity index (χ1) is 12.7. The molecule has 0 fully saturated rings. The summed E-state index contributed by atoms with van der Waals surface area (Å²) in [5.74, 6) is -1.49. The maximum absolute atomic E-state index is 13.3. The molecule has 0 aliphatic heterocycles. The van der Waals surface area contributed by atoms with Crippen molar-refractivity contribution in [1.82, 2.24) is 14.3 Å². The summed E-state index contributed by atoms with van der Waals surface area (Å²) in [7, 11) is -3.37. The van der Waals surface area contributed by atoms with E-state index >= 15 is 0 Å². The van der Waals surface area contributed by atoms with Gasteiger partial charge in [-0.3, -0.25) is 4.79 Å². The normalized spacial score (nSPS) is 13.4. The summed E-state index contributed by atoms with van der Waals surface area (Å²) in [5.41, 5.74) is -0.310. The maximum Gasteiger partial charge on any atom is 0.404 e. The fourth-order valence-electron chi connectivity index (χ4n) is 2.17. The molecule has 1 atom stereocenters. The number of hydrogen-bond donors (Lipinski definition) is 2. The first-order valence-corrected chi connectivity index (χ1v) is 9.48. The van der Waals surface area contributed by atoms with E-state index in [9.17, 15) is 30.8 Å². The molecule has 0 aliphatic carbocycles. The van der Waals surface area contributed by atoms with Gasteiger partial charge in [-0.25, -0.2) is 17.8 Å². The summed E-state index contributed by atoms with van der Waals surface area (Å²) >= 11 is 5.97. The van der Waals surface area contributed by atoms with Crippen molar-refractivity contribution in [1.29, 1.82) is 0 Å². The lowest BCUT2D eigenvalue weighted by Crippen LogP contribution is -2.42. The molecule has 2 aromatic heterocycles. The molecule has 0 radical (unpaired) electrons. The highest BCUT2D eigenvalue weighted by Gasteiger charge is 2.40. The van der Waals surface area contributed by atoms with Gasteiger partial charge >= 0.3 is 6.18 Å². The lowest BCUT2D eigenvalue weighted by Gasteiger charge is -2.16. The van der Waals surface area contributed by atoms with Gasteiger partial charge in [0.25, 0.3) is 5.91 Å². The molecule has 2 rings (SSSR count). The first-order valence-electron chi connectivity index (χ1n) is 7.62. The van der Waals surface area contributed by atoms with E-state index in [0.29, 0.717) is 6.92 Å². The third kappa shape index (κ3) is 4.62. The number of carbonyl (C=O) groups is 1. The zero-order valence-electron chi connectivity index (χ0n) is 14.7. The lowest BCUT2D eigenvalue weighted by atomic mass is 10.3. The fourth-order valence-corrected chi connectivity index (χ4v) is 4.10. The molecular weight excluding hydrogens is 428 g/mol. The van der Waals surface area contributed by atoms with Crippen LogP contribution in [0.15, 0.2) is 23.2 Å². The van der Waals surface area contributed by atoms with E-state index in [2.05, 4.69) is 10.3 Å². The Morgan fingerprint density at radius 2 is 1.93 bits per heavy atom. The highest BCUT2D eigenvalue weighted by molar-refractivity contribution is 7.89. The Hall–Kier alpha value is -2.18. The predicted octanol–water partition coefficient (Wildman–Crippen LogP) is 3.00. The Bertz CT molecular complexity index is 1020. The molecular formula is C15H15ClF4N4O3S. The van der Waals surface area contributed by atoms with Crippen molar-refractivity contribution < 1.29 is 30.8 Å². The average Bonchev–Trinajstić information content (AvgIpc) is 2.85. The fraction of sp³-hybridized carbons (Fsp3) is 0.333.